The number of methoxy groups -OCH3 is 1. The smallest absolute Gasteiger partial charge is 0.329 e. The van der Waals surface area contributed by atoms with Crippen molar-refractivity contribution >= 4 is 11.7 Å². The standard InChI is InChI=1S/C25H32FNO5/c1-15(2)32-14-18-13-19(27-25(24(28)29)8-10-31-11-9-25)6-7-20(18)21-12-16(3)17(4)23(30-5)22(21)26/h6-7,12-13,15,27H,8-11,14H2,1-5H3,(H,28,29). The highest BCUT2D eigenvalue weighted by atomic mass is 19.1. The molecule has 1 aliphatic rings. The minimum Gasteiger partial charge on any atom is -0.493 e. The van der Waals surface area contributed by atoms with Crippen LogP contribution in [0.2, 0.25) is 0 Å². The summed E-state index contributed by atoms with van der Waals surface area (Å²) in [4.78, 5) is 12.0. The van der Waals surface area contributed by atoms with E-state index in [9.17, 15) is 9.90 Å². The predicted octanol–water partition coefficient (Wildman–Crippen LogP) is 5.09. The number of hydrogen-bond acceptors (Lipinski definition) is 5. The van der Waals surface area contributed by atoms with Crippen molar-refractivity contribution in [3.8, 4) is 16.9 Å². The number of ether oxygens (including phenoxy) is 3. The Balaban J connectivity index is 2.07. The summed E-state index contributed by atoms with van der Waals surface area (Å²) in [5.74, 6) is -1.10. The van der Waals surface area contributed by atoms with Crippen LogP contribution in [0.1, 0.15) is 43.4 Å². The van der Waals surface area contributed by atoms with Gasteiger partial charge >= 0.3 is 5.97 Å². The van der Waals surface area contributed by atoms with Crippen LogP contribution in [-0.2, 0) is 20.9 Å². The van der Waals surface area contributed by atoms with Crippen LogP contribution in [0, 0.1) is 19.7 Å². The van der Waals surface area contributed by atoms with E-state index in [1.165, 1.54) is 7.11 Å². The molecule has 7 heteroatoms. The first-order valence-corrected chi connectivity index (χ1v) is 10.9. The zero-order valence-corrected chi connectivity index (χ0v) is 19.4. The molecule has 0 amide bonds. The number of rotatable bonds is 8. The van der Waals surface area contributed by atoms with E-state index >= 15 is 4.39 Å². The van der Waals surface area contributed by atoms with Gasteiger partial charge in [0.1, 0.15) is 5.54 Å². The zero-order valence-electron chi connectivity index (χ0n) is 19.4. The van der Waals surface area contributed by atoms with Gasteiger partial charge in [-0.15, -0.1) is 0 Å². The molecule has 0 atom stereocenters. The summed E-state index contributed by atoms with van der Waals surface area (Å²) >= 11 is 0. The fraction of sp³-hybridized carbons (Fsp3) is 0.480. The number of halogens is 1. The Morgan fingerprint density at radius 3 is 2.50 bits per heavy atom. The molecule has 0 aromatic heterocycles. The van der Waals surface area contributed by atoms with Gasteiger partial charge in [0.15, 0.2) is 11.6 Å². The quantitative estimate of drug-likeness (QED) is 0.590. The van der Waals surface area contributed by atoms with Crippen LogP contribution in [0.3, 0.4) is 0 Å². The van der Waals surface area contributed by atoms with E-state index in [1.807, 2.05) is 45.9 Å². The van der Waals surface area contributed by atoms with Crippen LogP contribution in [0.25, 0.3) is 11.1 Å². The number of carboxylic acid groups (broad SMARTS) is 1. The van der Waals surface area contributed by atoms with Gasteiger partial charge in [-0.3, -0.25) is 0 Å². The number of anilines is 1. The third-order valence-corrected chi connectivity index (χ3v) is 6.04. The lowest BCUT2D eigenvalue weighted by molar-refractivity contribution is -0.145. The van der Waals surface area contributed by atoms with Crippen LogP contribution in [0.5, 0.6) is 5.75 Å². The summed E-state index contributed by atoms with van der Waals surface area (Å²) in [7, 11) is 1.46. The first-order chi connectivity index (χ1) is 15.2. The van der Waals surface area contributed by atoms with E-state index in [2.05, 4.69) is 5.32 Å². The summed E-state index contributed by atoms with van der Waals surface area (Å²) < 4.78 is 31.9. The molecule has 0 radical (unpaired) electrons. The molecule has 2 N–H and O–H groups in total. The van der Waals surface area contributed by atoms with E-state index in [1.54, 1.807) is 6.07 Å². The van der Waals surface area contributed by atoms with Gasteiger partial charge in [-0.05, 0) is 68.1 Å². The summed E-state index contributed by atoms with van der Waals surface area (Å²) in [6.07, 6.45) is 0.718. The van der Waals surface area contributed by atoms with E-state index < -0.39 is 17.3 Å². The largest absolute Gasteiger partial charge is 0.493 e. The van der Waals surface area contributed by atoms with Crippen molar-refractivity contribution in [3.63, 3.8) is 0 Å². The molecule has 0 unspecified atom stereocenters. The SMILES string of the molecule is COc1c(C)c(C)cc(-c2ccc(NC3(C(=O)O)CCOCC3)cc2COC(C)C)c1F. The van der Waals surface area contributed by atoms with Crippen molar-refractivity contribution in [2.24, 2.45) is 0 Å². The fourth-order valence-electron chi connectivity index (χ4n) is 3.99. The molecule has 1 heterocycles. The summed E-state index contributed by atoms with van der Waals surface area (Å²) in [6.45, 7) is 8.65. The normalized spacial score (nSPS) is 15.6. The molecule has 0 bridgehead atoms. The molecule has 0 aliphatic carbocycles. The van der Waals surface area contributed by atoms with E-state index in [4.69, 9.17) is 14.2 Å². The maximum absolute atomic E-state index is 15.3. The zero-order chi connectivity index (χ0) is 23.5. The third kappa shape index (κ3) is 4.89. The molecule has 32 heavy (non-hydrogen) atoms. The molecule has 0 spiro atoms. The lowest BCUT2D eigenvalue weighted by Gasteiger charge is -2.35. The molecule has 2 aromatic carbocycles. The van der Waals surface area contributed by atoms with E-state index in [-0.39, 0.29) is 18.5 Å². The van der Waals surface area contributed by atoms with Crippen molar-refractivity contribution in [1.82, 2.24) is 0 Å². The van der Waals surface area contributed by atoms with Gasteiger partial charge in [0, 0.05) is 37.3 Å². The first-order valence-electron chi connectivity index (χ1n) is 10.9. The predicted molar refractivity (Wildman–Crippen MR) is 122 cm³/mol. The molecule has 3 rings (SSSR count). The molecular weight excluding hydrogens is 413 g/mol. The molecule has 1 fully saturated rings. The second kappa shape index (κ2) is 9.88. The molecule has 0 saturated carbocycles. The Morgan fingerprint density at radius 1 is 1.22 bits per heavy atom. The highest BCUT2D eigenvalue weighted by Crippen LogP contribution is 2.37. The van der Waals surface area contributed by atoms with Gasteiger partial charge in [0.05, 0.1) is 19.8 Å². The first kappa shape index (κ1) is 24.0. The number of hydrogen-bond donors (Lipinski definition) is 2. The van der Waals surface area contributed by atoms with E-state index in [0.29, 0.717) is 42.9 Å². The molecular formula is C25H32FNO5. The van der Waals surface area contributed by atoms with Gasteiger partial charge in [-0.25, -0.2) is 9.18 Å². The van der Waals surface area contributed by atoms with Gasteiger partial charge in [-0.1, -0.05) is 6.07 Å². The van der Waals surface area contributed by atoms with E-state index in [0.717, 1.165) is 16.7 Å². The van der Waals surface area contributed by atoms with Gasteiger partial charge in [0.2, 0.25) is 0 Å². The number of aliphatic carboxylic acids is 1. The van der Waals surface area contributed by atoms with Crippen molar-refractivity contribution < 1.29 is 28.5 Å². The number of carboxylic acids is 1. The lowest BCUT2D eigenvalue weighted by atomic mass is 9.89. The topological polar surface area (TPSA) is 77.0 Å². The summed E-state index contributed by atoms with van der Waals surface area (Å²) in [5.41, 5.74) is 3.12. The number of aryl methyl sites for hydroxylation is 1. The van der Waals surface area contributed by atoms with Crippen LogP contribution in [0.4, 0.5) is 10.1 Å². The van der Waals surface area contributed by atoms with Crippen LogP contribution < -0.4 is 10.1 Å². The van der Waals surface area contributed by atoms with Crippen molar-refractivity contribution in [1.29, 1.82) is 0 Å². The Morgan fingerprint density at radius 2 is 1.91 bits per heavy atom. The van der Waals surface area contributed by atoms with Crippen LogP contribution in [0.15, 0.2) is 24.3 Å². The highest BCUT2D eigenvalue weighted by Gasteiger charge is 2.40. The average molecular weight is 446 g/mol. The highest BCUT2D eigenvalue weighted by molar-refractivity contribution is 5.83. The Hall–Kier alpha value is -2.64. The molecule has 1 aliphatic heterocycles. The summed E-state index contributed by atoms with van der Waals surface area (Å²) in [6, 6.07) is 7.25. The molecule has 6 nitrogen and oxygen atoms in total. The van der Waals surface area contributed by atoms with Gasteiger partial charge in [-0.2, -0.15) is 0 Å². The lowest BCUT2D eigenvalue weighted by Crippen LogP contribution is -2.50. The van der Waals surface area contributed by atoms with Crippen LogP contribution in [-0.4, -0.2) is 43.0 Å². The Labute approximate surface area is 188 Å². The van der Waals surface area contributed by atoms with Crippen molar-refractivity contribution in [3.05, 3.63) is 46.8 Å². The summed E-state index contributed by atoms with van der Waals surface area (Å²) in [5, 5.41) is 13.1. The van der Waals surface area contributed by atoms with Crippen molar-refractivity contribution in [2.45, 2.75) is 58.8 Å². The third-order valence-electron chi connectivity index (χ3n) is 6.04. The minimum atomic E-state index is -1.09. The maximum atomic E-state index is 15.3. The van der Waals surface area contributed by atoms with Crippen molar-refractivity contribution in [2.75, 3.05) is 25.6 Å². The minimum absolute atomic E-state index is 0.0144. The monoisotopic (exact) mass is 445 g/mol. The van der Waals surface area contributed by atoms with Gasteiger partial charge in [0.25, 0.3) is 0 Å². The maximum Gasteiger partial charge on any atom is 0.329 e. The number of benzene rings is 2. The second-order valence-electron chi connectivity index (χ2n) is 8.57. The Kier molecular flexibility index (Phi) is 7.41. The number of carbonyl (C=O) groups is 1. The molecule has 174 valence electrons. The molecule has 1 saturated heterocycles. The number of nitrogens with one attached hydrogen (secondary N) is 1. The van der Waals surface area contributed by atoms with Gasteiger partial charge < -0.3 is 24.6 Å². The molecule has 2 aromatic rings. The average Bonchev–Trinajstić information content (AvgIpc) is 2.76. The fourth-order valence-corrected chi connectivity index (χ4v) is 3.99. The Bertz CT molecular complexity index is 983. The second-order valence-corrected chi connectivity index (χ2v) is 8.57. The van der Waals surface area contributed by atoms with Crippen LogP contribution >= 0.6 is 0 Å².